The smallest absolute Gasteiger partial charge is 0.178 e. The molecule has 0 aliphatic rings. The third-order valence-corrected chi connectivity index (χ3v) is 3.58. The lowest BCUT2D eigenvalue weighted by molar-refractivity contribution is 0.602. The van der Waals surface area contributed by atoms with E-state index in [2.05, 4.69) is 10.1 Å². The lowest BCUT2D eigenvalue weighted by Crippen LogP contribution is -2.07. The highest BCUT2D eigenvalue weighted by molar-refractivity contribution is 7.90. The zero-order chi connectivity index (χ0) is 13.3. The first kappa shape index (κ1) is 12.7. The summed E-state index contributed by atoms with van der Waals surface area (Å²) < 4.78 is 24.1. The molecule has 96 valence electrons. The normalized spacial score (nSPS) is 13.5. The second-order valence-electron chi connectivity index (χ2n) is 4.13. The summed E-state index contributed by atoms with van der Waals surface area (Å²) in [5.74, 6) is 0.541. The maximum atomic E-state index is 11.4. The van der Waals surface area contributed by atoms with Crippen LogP contribution in [0.5, 0.6) is 0 Å². The molecule has 6 nitrogen and oxygen atoms in total. The van der Waals surface area contributed by atoms with Crippen molar-refractivity contribution < 1.29 is 8.42 Å². The second kappa shape index (κ2) is 4.51. The standard InChI is InChI=1S/C11H14N4O2S/c1-8(12)9-3-4-13-11(5-9)15-7-10(6-14-15)18(2,16)17/h3-8H,12H2,1-2H3. The van der Waals surface area contributed by atoms with Gasteiger partial charge in [-0.3, -0.25) is 0 Å². The first-order valence-electron chi connectivity index (χ1n) is 5.34. The van der Waals surface area contributed by atoms with E-state index in [-0.39, 0.29) is 10.9 Å². The highest BCUT2D eigenvalue weighted by Gasteiger charge is 2.11. The third kappa shape index (κ3) is 2.57. The zero-order valence-corrected chi connectivity index (χ0v) is 10.9. The van der Waals surface area contributed by atoms with Crippen molar-refractivity contribution in [2.45, 2.75) is 17.9 Å². The van der Waals surface area contributed by atoms with Gasteiger partial charge in [-0.25, -0.2) is 18.1 Å². The van der Waals surface area contributed by atoms with E-state index in [1.165, 1.54) is 17.1 Å². The molecule has 2 aromatic rings. The van der Waals surface area contributed by atoms with Crippen LogP contribution in [0.4, 0.5) is 0 Å². The van der Waals surface area contributed by atoms with E-state index in [4.69, 9.17) is 5.73 Å². The summed E-state index contributed by atoms with van der Waals surface area (Å²) in [6, 6.07) is 3.48. The van der Waals surface area contributed by atoms with Gasteiger partial charge in [0.2, 0.25) is 0 Å². The van der Waals surface area contributed by atoms with E-state index in [0.717, 1.165) is 11.8 Å². The van der Waals surface area contributed by atoms with Gasteiger partial charge in [-0.1, -0.05) is 0 Å². The Morgan fingerprint density at radius 3 is 2.72 bits per heavy atom. The van der Waals surface area contributed by atoms with Crippen molar-refractivity contribution in [3.63, 3.8) is 0 Å². The van der Waals surface area contributed by atoms with Gasteiger partial charge in [0.15, 0.2) is 15.7 Å². The topological polar surface area (TPSA) is 90.9 Å². The summed E-state index contributed by atoms with van der Waals surface area (Å²) in [5.41, 5.74) is 6.70. The Morgan fingerprint density at radius 2 is 2.17 bits per heavy atom. The van der Waals surface area contributed by atoms with Crippen LogP contribution in [-0.4, -0.2) is 29.4 Å². The Hall–Kier alpha value is -1.73. The second-order valence-corrected chi connectivity index (χ2v) is 6.14. The van der Waals surface area contributed by atoms with Crippen LogP contribution in [-0.2, 0) is 9.84 Å². The number of hydrogen-bond donors (Lipinski definition) is 1. The van der Waals surface area contributed by atoms with Crippen molar-refractivity contribution in [3.8, 4) is 5.82 Å². The van der Waals surface area contributed by atoms with E-state index in [1.807, 2.05) is 13.0 Å². The SMILES string of the molecule is CC(N)c1ccnc(-n2cc(S(C)(=O)=O)cn2)c1. The molecule has 1 atom stereocenters. The fourth-order valence-electron chi connectivity index (χ4n) is 1.47. The van der Waals surface area contributed by atoms with Gasteiger partial charge in [-0.05, 0) is 24.6 Å². The molecule has 0 aliphatic carbocycles. The fourth-order valence-corrected chi connectivity index (χ4v) is 2.00. The van der Waals surface area contributed by atoms with E-state index in [9.17, 15) is 8.42 Å². The summed E-state index contributed by atoms with van der Waals surface area (Å²) in [4.78, 5) is 4.30. The Balaban J connectivity index is 2.43. The predicted molar refractivity (Wildman–Crippen MR) is 67.1 cm³/mol. The van der Waals surface area contributed by atoms with Gasteiger partial charge < -0.3 is 5.73 Å². The Bertz CT molecular complexity index is 661. The maximum absolute atomic E-state index is 11.4. The predicted octanol–water partition coefficient (Wildman–Crippen LogP) is 0.691. The van der Waals surface area contributed by atoms with Crippen LogP contribution in [0.3, 0.4) is 0 Å². The summed E-state index contributed by atoms with van der Waals surface area (Å²) in [5, 5.41) is 3.99. The summed E-state index contributed by atoms with van der Waals surface area (Å²) in [6.45, 7) is 1.87. The monoisotopic (exact) mass is 266 g/mol. The minimum Gasteiger partial charge on any atom is -0.324 e. The Labute approximate surface area is 105 Å². The molecule has 0 amide bonds. The van der Waals surface area contributed by atoms with E-state index in [0.29, 0.717) is 5.82 Å². The van der Waals surface area contributed by atoms with Gasteiger partial charge in [-0.15, -0.1) is 0 Å². The summed E-state index contributed by atoms with van der Waals surface area (Å²) in [6.07, 6.45) is 5.49. The molecule has 7 heteroatoms. The molecule has 0 spiro atoms. The van der Waals surface area contributed by atoms with Crippen LogP contribution < -0.4 is 5.73 Å². The van der Waals surface area contributed by atoms with Crippen molar-refractivity contribution in [1.82, 2.24) is 14.8 Å². The largest absolute Gasteiger partial charge is 0.324 e. The van der Waals surface area contributed by atoms with Crippen molar-refractivity contribution in [2.24, 2.45) is 5.73 Å². The number of rotatable bonds is 3. The molecule has 2 heterocycles. The van der Waals surface area contributed by atoms with Crippen LogP contribution in [0.25, 0.3) is 5.82 Å². The molecule has 0 fully saturated rings. The number of nitrogens with two attached hydrogens (primary N) is 1. The summed E-state index contributed by atoms with van der Waals surface area (Å²) in [7, 11) is -3.25. The van der Waals surface area contributed by atoms with Gasteiger partial charge in [0.05, 0.1) is 12.4 Å². The van der Waals surface area contributed by atoms with Gasteiger partial charge >= 0.3 is 0 Å². The van der Waals surface area contributed by atoms with Crippen molar-refractivity contribution in [3.05, 3.63) is 36.3 Å². The molecule has 0 bridgehead atoms. The number of nitrogens with zero attached hydrogens (tertiary/aromatic N) is 3. The molecular formula is C11H14N4O2S. The lowest BCUT2D eigenvalue weighted by Gasteiger charge is -2.07. The van der Waals surface area contributed by atoms with Crippen LogP contribution >= 0.6 is 0 Å². The Morgan fingerprint density at radius 1 is 1.44 bits per heavy atom. The minimum absolute atomic E-state index is 0.114. The van der Waals surface area contributed by atoms with Crippen molar-refractivity contribution in [1.29, 1.82) is 0 Å². The molecule has 0 aromatic carbocycles. The van der Waals surface area contributed by atoms with E-state index >= 15 is 0 Å². The van der Waals surface area contributed by atoms with E-state index in [1.54, 1.807) is 12.3 Å². The molecular weight excluding hydrogens is 252 g/mol. The van der Waals surface area contributed by atoms with Crippen molar-refractivity contribution in [2.75, 3.05) is 6.26 Å². The van der Waals surface area contributed by atoms with Gasteiger partial charge in [-0.2, -0.15) is 5.10 Å². The average Bonchev–Trinajstić information content (AvgIpc) is 2.78. The molecule has 18 heavy (non-hydrogen) atoms. The molecule has 0 saturated heterocycles. The molecule has 0 saturated carbocycles. The summed E-state index contributed by atoms with van der Waals surface area (Å²) >= 11 is 0. The molecule has 2 rings (SSSR count). The van der Waals surface area contributed by atoms with Gasteiger partial charge in [0.1, 0.15) is 4.90 Å². The first-order valence-corrected chi connectivity index (χ1v) is 7.23. The Kier molecular flexibility index (Phi) is 3.18. The molecule has 2 N–H and O–H groups in total. The zero-order valence-electron chi connectivity index (χ0n) is 10.1. The molecule has 1 unspecified atom stereocenters. The van der Waals surface area contributed by atoms with Crippen LogP contribution in [0.15, 0.2) is 35.6 Å². The molecule has 0 radical (unpaired) electrons. The van der Waals surface area contributed by atoms with Crippen LogP contribution in [0.2, 0.25) is 0 Å². The average molecular weight is 266 g/mol. The maximum Gasteiger partial charge on any atom is 0.178 e. The minimum atomic E-state index is -3.25. The van der Waals surface area contributed by atoms with Gasteiger partial charge in [0.25, 0.3) is 0 Å². The van der Waals surface area contributed by atoms with E-state index < -0.39 is 9.84 Å². The number of pyridine rings is 1. The molecule has 0 aliphatic heterocycles. The number of sulfone groups is 1. The highest BCUT2D eigenvalue weighted by atomic mass is 32.2. The third-order valence-electron chi connectivity index (χ3n) is 2.52. The van der Waals surface area contributed by atoms with Crippen molar-refractivity contribution >= 4 is 9.84 Å². The van der Waals surface area contributed by atoms with Crippen LogP contribution in [0.1, 0.15) is 18.5 Å². The quantitative estimate of drug-likeness (QED) is 0.882. The highest BCUT2D eigenvalue weighted by Crippen LogP contribution is 2.14. The number of hydrogen-bond acceptors (Lipinski definition) is 5. The molecule has 2 aromatic heterocycles. The van der Waals surface area contributed by atoms with Gasteiger partial charge in [0, 0.05) is 18.5 Å². The number of aromatic nitrogens is 3. The fraction of sp³-hybridized carbons (Fsp3) is 0.273. The first-order chi connectivity index (χ1) is 8.38. The lowest BCUT2D eigenvalue weighted by atomic mass is 10.1. The van der Waals surface area contributed by atoms with Crippen LogP contribution in [0, 0.1) is 0 Å².